The van der Waals surface area contributed by atoms with Crippen LogP contribution in [0.3, 0.4) is 0 Å². The molecule has 2 aromatic carbocycles. The molecule has 0 spiro atoms. The van der Waals surface area contributed by atoms with Gasteiger partial charge in [-0.05, 0) is 36.4 Å². The minimum Gasteiger partial charge on any atom is -0.508 e. The number of benzene rings is 2. The molecule has 6 heteroatoms. The summed E-state index contributed by atoms with van der Waals surface area (Å²) < 4.78 is 19.0. The van der Waals surface area contributed by atoms with Gasteiger partial charge in [-0.2, -0.15) is 0 Å². The monoisotopic (exact) mass is 323 g/mol. The van der Waals surface area contributed by atoms with Crippen molar-refractivity contribution in [2.75, 3.05) is 13.7 Å². The normalized spacial score (nSPS) is 10.3. The van der Waals surface area contributed by atoms with Crippen molar-refractivity contribution in [3.63, 3.8) is 0 Å². The van der Waals surface area contributed by atoms with E-state index in [1.807, 2.05) is 0 Å². The lowest BCUT2D eigenvalue weighted by atomic mass is 10.2. The van der Waals surface area contributed by atoms with Crippen molar-refractivity contribution in [2.24, 2.45) is 0 Å². The SMILES string of the molecule is CN(Cc1c(F)cccc1Cl)C(=O)COc1ccc(O)cc1. The van der Waals surface area contributed by atoms with Crippen molar-refractivity contribution in [3.05, 3.63) is 58.9 Å². The highest BCUT2D eigenvalue weighted by Crippen LogP contribution is 2.20. The second-order valence-corrected chi connectivity index (χ2v) is 5.14. The zero-order chi connectivity index (χ0) is 16.1. The van der Waals surface area contributed by atoms with Gasteiger partial charge in [-0.3, -0.25) is 4.79 Å². The lowest BCUT2D eigenvalue weighted by Gasteiger charge is -2.18. The lowest BCUT2D eigenvalue weighted by Crippen LogP contribution is -2.31. The standard InChI is InChI=1S/C16H15ClFNO3/c1-19(9-13-14(17)3-2-4-15(13)18)16(21)10-22-12-7-5-11(20)6-8-12/h2-8,20H,9-10H2,1H3. The molecule has 0 aromatic heterocycles. The van der Waals surface area contributed by atoms with Crippen LogP contribution >= 0.6 is 11.6 Å². The molecule has 0 heterocycles. The molecule has 1 N–H and O–H groups in total. The van der Waals surface area contributed by atoms with E-state index in [0.29, 0.717) is 5.75 Å². The molecule has 0 bridgehead atoms. The van der Waals surface area contributed by atoms with E-state index in [4.69, 9.17) is 21.4 Å². The molecule has 116 valence electrons. The van der Waals surface area contributed by atoms with Gasteiger partial charge in [0.2, 0.25) is 0 Å². The molecule has 0 fully saturated rings. The highest BCUT2D eigenvalue weighted by Gasteiger charge is 2.14. The van der Waals surface area contributed by atoms with E-state index in [1.165, 1.54) is 29.2 Å². The molecule has 0 aliphatic rings. The molecule has 0 aliphatic heterocycles. The summed E-state index contributed by atoms with van der Waals surface area (Å²) in [6.45, 7) is -0.128. The fourth-order valence-corrected chi connectivity index (χ4v) is 2.03. The molecular weight excluding hydrogens is 309 g/mol. The maximum Gasteiger partial charge on any atom is 0.260 e. The minimum absolute atomic E-state index is 0.0588. The molecule has 2 aromatic rings. The molecule has 0 saturated carbocycles. The highest BCUT2D eigenvalue weighted by molar-refractivity contribution is 6.31. The molecule has 0 aliphatic carbocycles. The number of hydrogen-bond acceptors (Lipinski definition) is 3. The fourth-order valence-electron chi connectivity index (χ4n) is 1.81. The van der Waals surface area contributed by atoms with Gasteiger partial charge in [0.15, 0.2) is 6.61 Å². The number of halogens is 2. The summed E-state index contributed by atoms with van der Waals surface area (Å²) in [4.78, 5) is 13.3. The first-order chi connectivity index (χ1) is 10.5. The third-order valence-electron chi connectivity index (χ3n) is 3.08. The molecule has 0 radical (unpaired) electrons. The van der Waals surface area contributed by atoms with Gasteiger partial charge in [0.1, 0.15) is 17.3 Å². The minimum atomic E-state index is -0.452. The molecule has 0 atom stereocenters. The van der Waals surface area contributed by atoms with Crippen LogP contribution in [0.1, 0.15) is 5.56 Å². The predicted octanol–water partition coefficient (Wildman–Crippen LogP) is 3.22. The highest BCUT2D eigenvalue weighted by atomic mass is 35.5. The number of phenolic OH excluding ortho intramolecular Hbond substituents is 1. The molecule has 1 amide bonds. The maximum atomic E-state index is 13.7. The van der Waals surface area contributed by atoms with Crippen molar-refractivity contribution in [3.8, 4) is 11.5 Å². The van der Waals surface area contributed by atoms with Crippen molar-refractivity contribution in [1.29, 1.82) is 0 Å². The van der Waals surface area contributed by atoms with Crippen LogP contribution in [0.5, 0.6) is 11.5 Å². The van der Waals surface area contributed by atoms with Gasteiger partial charge in [0.25, 0.3) is 5.91 Å². The number of nitrogens with zero attached hydrogens (tertiary/aromatic N) is 1. The van der Waals surface area contributed by atoms with Crippen LogP contribution in [0.2, 0.25) is 5.02 Å². The summed E-state index contributed by atoms with van der Waals surface area (Å²) in [5.74, 6) is -0.188. The second kappa shape index (κ2) is 7.13. The topological polar surface area (TPSA) is 49.8 Å². The van der Waals surface area contributed by atoms with Crippen molar-refractivity contribution >= 4 is 17.5 Å². The van der Waals surface area contributed by atoms with Gasteiger partial charge in [-0.15, -0.1) is 0 Å². The van der Waals surface area contributed by atoms with E-state index in [0.717, 1.165) is 0 Å². The van der Waals surface area contributed by atoms with E-state index in [9.17, 15) is 9.18 Å². The van der Waals surface area contributed by atoms with Crippen LogP contribution < -0.4 is 4.74 Å². The van der Waals surface area contributed by atoms with Crippen molar-refractivity contribution in [2.45, 2.75) is 6.54 Å². The Balaban J connectivity index is 1.93. The average Bonchev–Trinajstić information content (AvgIpc) is 2.50. The number of hydrogen-bond donors (Lipinski definition) is 1. The van der Waals surface area contributed by atoms with E-state index < -0.39 is 5.82 Å². The van der Waals surface area contributed by atoms with Crippen LogP contribution in [-0.4, -0.2) is 29.6 Å². The Hall–Kier alpha value is -2.27. The van der Waals surface area contributed by atoms with Gasteiger partial charge < -0.3 is 14.7 Å². The summed E-state index contributed by atoms with van der Waals surface area (Å²) >= 11 is 5.93. The first-order valence-corrected chi connectivity index (χ1v) is 6.94. The molecule has 4 nitrogen and oxygen atoms in total. The van der Waals surface area contributed by atoms with Crippen molar-refractivity contribution in [1.82, 2.24) is 4.90 Å². The quantitative estimate of drug-likeness (QED) is 0.919. The number of likely N-dealkylation sites (N-methyl/N-ethyl adjacent to an activating group) is 1. The summed E-state index contributed by atoms with van der Waals surface area (Å²) in [6.07, 6.45) is 0. The number of carbonyl (C=O) groups excluding carboxylic acids is 1. The Kier molecular flexibility index (Phi) is 5.22. The predicted molar refractivity (Wildman–Crippen MR) is 81.5 cm³/mol. The number of rotatable bonds is 5. The van der Waals surface area contributed by atoms with E-state index >= 15 is 0 Å². The summed E-state index contributed by atoms with van der Waals surface area (Å²) in [5, 5.41) is 9.44. The Bertz CT molecular complexity index is 641. The smallest absolute Gasteiger partial charge is 0.260 e. The first kappa shape index (κ1) is 16.1. The number of aromatic hydroxyl groups is 1. The average molecular weight is 324 g/mol. The zero-order valence-electron chi connectivity index (χ0n) is 11.9. The third kappa shape index (κ3) is 4.11. The maximum absolute atomic E-state index is 13.7. The van der Waals surface area contributed by atoms with Crippen LogP contribution in [-0.2, 0) is 11.3 Å². The van der Waals surface area contributed by atoms with Gasteiger partial charge in [-0.25, -0.2) is 4.39 Å². The Morgan fingerprint density at radius 3 is 2.59 bits per heavy atom. The summed E-state index contributed by atoms with van der Waals surface area (Å²) in [7, 11) is 1.55. The zero-order valence-corrected chi connectivity index (χ0v) is 12.7. The number of ether oxygens (including phenoxy) is 1. The molecule has 22 heavy (non-hydrogen) atoms. The Labute approximate surface area is 132 Å². The largest absolute Gasteiger partial charge is 0.508 e. The van der Waals surface area contributed by atoms with E-state index in [-0.39, 0.29) is 35.4 Å². The lowest BCUT2D eigenvalue weighted by molar-refractivity contribution is -0.132. The molecular formula is C16H15ClFNO3. The Morgan fingerprint density at radius 1 is 1.27 bits per heavy atom. The number of carbonyl (C=O) groups is 1. The number of phenols is 1. The molecule has 0 saturated heterocycles. The van der Waals surface area contributed by atoms with Crippen molar-refractivity contribution < 1.29 is 19.0 Å². The molecule has 0 unspecified atom stereocenters. The van der Waals surface area contributed by atoms with Gasteiger partial charge >= 0.3 is 0 Å². The van der Waals surface area contributed by atoms with Crippen LogP contribution in [0.4, 0.5) is 4.39 Å². The number of amides is 1. The fraction of sp³-hybridized carbons (Fsp3) is 0.188. The summed E-state index contributed by atoms with van der Waals surface area (Å²) in [5.41, 5.74) is 0.268. The second-order valence-electron chi connectivity index (χ2n) is 4.73. The van der Waals surface area contributed by atoms with Gasteiger partial charge in [-0.1, -0.05) is 17.7 Å². The van der Waals surface area contributed by atoms with Crippen LogP contribution in [0.25, 0.3) is 0 Å². The Morgan fingerprint density at radius 2 is 1.95 bits per heavy atom. The van der Waals surface area contributed by atoms with E-state index in [2.05, 4.69) is 0 Å². The third-order valence-corrected chi connectivity index (χ3v) is 3.44. The van der Waals surface area contributed by atoms with E-state index in [1.54, 1.807) is 25.2 Å². The van der Waals surface area contributed by atoms with Gasteiger partial charge in [0, 0.05) is 24.2 Å². The van der Waals surface area contributed by atoms with Crippen LogP contribution in [0.15, 0.2) is 42.5 Å². The van der Waals surface area contributed by atoms with Crippen LogP contribution in [0, 0.1) is 5.82 Å². The first-order valence-electron chi connectivity index (χ1n) is 6.56. The summed E-state index contributed by atoms with van der Waals surface area (Å²) in [6, 6.07) is 10.4. The molecule has 2 rings (SSSR count). The van der Waals surface area contributed by atoms with Gasteiger partial charge in [0.05, 0.1) is 0 Å².